The first-order valence-electron chi connectivity index (χ1n) is 9.33. The number of carbonyl (C=O) groups is 3. The van der Waals surface area contributed by atoms with E-state index in [1.54, 1.807) is 24.1 Å². The third-order valence-electron chi connectivity index (χ3n) is 5.70. The molecule has 6 nitrogen and oxygen atoms in total. The van der Waals surface area contributed by atoms with Crippen molar-refractivity contribution in [2.45, 2.75) is 51.4 Å². The third kappa shape index (κ3) is 3.74. The molecule has 0 aromatic heterocycles. The molecule has 0 saturated heterocycles. The molecule has 2 aliphatic rings. The summed E-state index contributed by atoms with van der Waals surface area (Å²) < 4.78 is 0. The van der Waals surface area contributed by atoms with Crippen LogP contribution in [0.2, 0.25) is 0 Å². The summed E-state index contributed by atoms with van der Waals surface area (Å²) in [5, 5.41) is 12.5. The Hall–Kier alpha value is -2.37. The Bertz CT molecular complexity index is 721. The van der Waals surface area contributed by atoms with E-state index in [1.807, 2.05) is 6.07 Å². The number of fused-ring (bicyclic) bond motifs is 1. The number of carbonyl (C=O) groups excluding carboxylic acids is 2. The molecule has 1 aliphatic heterocycles. The van der Waals surface area contributed by atoms with Gasteiger partial charge in [0.1, 0.15) is 0 Å². The van der Waals surface area contributed by atoms with E-state index in [-0.39, 0.29) is 18.2 Å². The second kappa shape index (κ2) is 7.48. The zero-order chi connectivity index (χ0) is 18.7. The lowest BCUT2D eigenvalue weighted by molar-refractivity contribution is -0.152. The molecule has 1 saturated carbocycles. The molecule has 1 heterocycles. The molecular weight excluding hydrogens is 332 g/mol. The molecule has 2 N–H and O–H groups in total. The predicted molar refractivity (Wildman–Crippen MR) is 98.1 cm³/mol. The standard InChI is InChI=1S/C20H26N2O4/c1-22-11-8-14-6-7-15(12-16(14)18(22)24)21-17(23)13-20(19(25)26)9-4-2-3-5-10-20/h6-7,12H,2-5,8-11,13H2,1H3,(H,21,23)(H,25,26). The predicted octanol–water partition coefficient (Wildman–Crippen LogP) is 3.07. The van der Waals surface area contributed by atoms with Crippen molar-refractivity contribution in [1.29, 1.82) is 0 Å². The summed E-state index contributed by atoms with van der Waals surface area (Å²) in [5.41, 5.74) is 1.17. The van der Waals surface area contributed by atoms with Crippen molar-refractivity contribution in [2.24, 2.45) is 5.41 Å². The molecule has 1 aliphatic carbocycles. The first-order chi connectivity index (χ1) is 12.4. The highest BCUT2D eigenvalue weighted by Crippen LogP contribution is 2.38. The van der Waals surface area contributed by atoms with Gasteiger partial charge in [0.25, 0.3) is 5.91 Å². The highest BCUT2D eigenvalue weighted by Gasteiger charge is 2.40. The lowest BCUT2D eigenvalue weighted by atomic mass is 9.77. The van der Waals surface area contributed by atoms with Gasteiger partial charge in [0, 0.05) is 31.3 Å². The van der Waals surface area contributed by atoms with Crippen molar-refractivity contribution in [3.63, 3.8) is 0 Å². The van der Waals surface area contributed by atoms with E-state index in [1.165, 1.54) is 0 Å². The minimum atomic E-state index is -0.967. The molecule has 3 rings (SSSR count). The topological polar surface area (TPSA) is 86.7 Å². The van der Waals surface area contributed by atoms with E-state index >= 15 is 0 Å². The Morgan fingerprint density at radius 1 is 1.19 bits per heavy atom. The molecule has 1 aromatic carbocycles. The smallest absolute Gasteiger partial charge is 0.310 e. The summed E-state index contributed by atoms with van der Waals surface area (Å²) >= 11 is 0. The van der Waals surface area contributed by atoms with E-state index in [9.17, 15) is 19.5 Å². The van der Waals surface area contributed by atoms with Crippen molar-refractivity contribution in [2.75, 3.05) is 18.9 Å². The second-order valence-corrected chi connectivity index (χ2v) is 7.57. The van der Waals surface area contributed by atoms with Crippen LogP contribution in [0.1, 0.15) is 60.9 Å². The van der Waals surface area contributed by atoms with Crippen LogP contribution in [0.15, 0.2) is 18.2 Å². The zero-order valence-electron chi connectivity index (χ0n) is 15.2. The number of hydrogen-bond donors (Lipinski definition) is 2. The number of nitrogens with one attached hydrogen (secondary N) is 1. The van der Waals surface area contributed by atoms with Gasteiger partial charge in [0.15, 0.2) is 0 Å². The molecule has 0 spiro atoms. The van der Waals surface area contributed by atoms with Crippen LogP contribution in [-0.2, 0) is 16.0 Å². The van der Waals surface area contributed by atoms with Gasteiger partial charge in [-0.05, 0) is 37.0 Å². The number of hydrogen-bond acceptors (Lipinski definition) is 3. The average molecular weight is 358 g/mol. The van der Waals surface area contributed by atoms with Gasteiger partial charge < -0.3 is 15.3 Å². The molecule has 1 aromatic rings. The van der Waals surface area contributed by atoms with Gasteiger partial charge in [-0.15, -0.1) is 0 Å². The van der Waals surface area contributed by atoms with Crippen molar-refractivity contribution in [1.82, 2.24) is 4.90 Å². The van der Waals surface area contributed by atoms with Crippen LogP contribution >= 0.6 is 0 Å². The monoisotopic (exact) mass is 358 g/mol. The fourth-order valence-electron chi connectivity index (χ4n) is 4.05. The molecule has 1 fully saturated rings. The van der Waals surface area contributed by atoms with E-state index < -0.39 is 11.4 Å². The van der Waals surface area contributed by atoms with Crippen molar-refractivity contribution >= 4 is 23.5 Å². The Kier molecular flexibility index (Phi) is 5.30. The van der Waals surface area contributed by atoms with Gasteiger partial charge in [0.05, 0.1) is 5.41 Å². The van der Waals surface area contributed by atoms with Gasteiger partial charge in [-0.2, -0.15) is 0 Å². The number of carboxylic acids is 1. The number of nitrogens with zero attached hydrogens (tertiary/aromatic N) is 1. The Morgan fingerprint density at radius 2 is 1.88 bits per heavy atom. The maximum Gasteiger partial charge on any atom is 0.310 e. The maximum atomic E-state index is 12.5. The normalized spacial score (nSPS) is 19.4. The largest absolute Gasteiger partial charge is 0.481 e. The third-order valence-corrected chi connectivity index (χ3v) is 5.70. The zero-order valence-corrected chi connectivity index (χ0v) is 15.2. The van der Waals surface area contributed by atoms with Gasteiger partial charge in [-0.25, -0.2) is 0 Å². The summed E-state index contributed by atoms with van der Waals surface area (Å²) in [4.78, 5) is 38.4. The fourth-order valence-corrected chi connectivity index (χ4v) is 4.05. The first-order valence-corrected chi connectivity index (χ1v) is 9.33. The molecule has 0 unspecified atom stereocenters. The van der Waals surface area contributed by atoms with E-state index in [0.29, 0.717) is 30.6 Å². The lowest BCUT2D eigenvalue weighted by Crippen LogP contribution is -2.35. The van der Waals surface area contributed by atoms with Crippen LogP contribution in [0.25, 0.3) is 0 Å². The van der Waals surface area contributed by atoms with E-state index in [0.717, 1.165) is 37.7 Å². The van der Waals surface area contributed by atoms with Gasteiger partial charge in [-0.3, -0.25) is 14.4 Å². The maximum absolute atomic E-state index is 12.5. The van der Waals surface area contributed by atoms with E-state index in [2.05, 4.69) is 5.32 Å². The van der Waals surface area contributed by atoms with Crippen LogP contribution in [0.5, 0.6) is 0 Å². The molecule has 0 bridgehead atoms. The number of amides is 2. The van der Waals surface area contributed by atoms with Gasteiger partial charge in [0.2, 0.25) is 5.91 Å². The fraction of sp³-hybridized carbons (Fsp3) is 0.550. The molecule has 0 atom stereocenters. The SMILES string of the molecule is CN1CCc2ccc(NC(=O)CC3(C(=O)O)CCCCCC3)cc2C1=O. The molecule has 0 radical (unpaired) electrons. The first kappa shape index (κ1) is 18.4. The van der Waals surface area contributed by atoms with Crippen molar-refractivity contribution < 1.29 is 19.5 Å². The van der Waals surface area contributed by atoms with Gasteiger partial charge in [-0.1, -0.05) is 31.7 Å². The Labute approximate surface area is 153 Å². The van der Waals surface area contributed by atoms with Crippen LogP contribution in [0, 0.1) is 5.41 Å². The number of benzene rings is 1. The summed E-state index contributed by atoms with van der Waals surface area (Å²) in [7, 11) is 1.76. The minimum absolute atomic E-state index is 0.0206. The second-order valence-electron chi connectivity index (χ2n) is 7.57. The molecular formula is C20H26N2O4. The lowest BCUT2D eigenvalue weighted by Gasteiger charge is -2.27. The summed E-state index contributed by atoms with van der Waals surface area (Å²) in [6.45, 7) is 0.693. The van der Waals surface area contributed by atoms with Crippen LogP contribution in [-0.4, -0.2) is 41.4 Å². The van der Waals surface area contributed by atoms with Crippen LogP contribution in [0.3, 0.4) is 0 Å². The summed E-state index contributed by atoms with van der Waals surface area (Å²) in [6.07, 6.45) is 5.61. The number of carboxylic acid groups (broad SMARTS) is 1. The van der Waals surface area contributed by atoms with Crippen molar-refractivity contribution in [3.8, 4) is 0 Å². The molecule has 26 heavy (non-hydrogen) atoms. The molecule has 6 heteroatoms. The van der Waals surface area contributed by atoms with Gasteiger partial charge >= 0.3 is 5.97 Å². The summed E-state index contributed by atoms with van der Waals surface area (Å²) in [5.74, 6) is -1.23. The van der Waals surface area contributed by atoms with Crippen LogP contribution in [0.4, 0.5) is 5.69 Å². The highest BCUT2D eigenvalue weighted by molar-refractivity contribution is 5.99. The number of anilines is 1. The molecule has 2 amide bonds. The minimum Gasteiger partial charge on any atom is -0.481 e. The number of likely N-dealkylation sites (N-methyl/N-ethyl adjacent to an activating group) is 1. The molecule has 140 valence electrons. The highest BCUT2D eigenvalue weighted by atomic mass is 16.4. The Balaban J connectivity index is 1.73. The van der Waals surface area contributed by atoms with E-state index in [4.69, 9.17) is 0 Å². The van der Waals surface area contributed by atoms with Crippen LogP contribution < -0.4 is 5.32 Å². The number of rotatable bonds is 4. The summed E-state index contributed by atoms with van der Waals surface area (Å²) in [6, 6.07) is 5.36. The average Bonchev–Trinajstić information content (AvgIpc) is 2.85. The Morgan fingerprint density at radius 3 is 2.54 bits per heavy atom. The van der Waals surface area contributed by atoms with Crippen molar-refractivity contribution in [3.05, 3.63) is 29.3 Å². The number of aliphatic carboxylic acids is 1. The quantitative estimate of drug-likeness (QED) is 0.810.